The van der Waals surface area contributed by atoms with E-state index in [-0.39, 0.29) is 24.6 Å². The van der Waals surface area contributed by atoms with Crippen LogP contribution in [0, 0.1) is 18.6 Å². The summed E-state index contributed by atoms with van der Waals surface area (Å²) in [6.45, 7) is 1.62. The molecule has 0 unspecified atom stereocenters. The van der Waals surface area contributed by atoms with Gasteiger partial charge in [0.15, 0.2) is 34.6 Å². The minimum atomic E-state index is -0.833. The second-order valence-corrected chi connectivity index (χ2v) is 5.14. The number of nitrogens with zero attached hydrogens (tertiary/aromatic N) is 2. The van der Waals surface area contributed by atoms with Crippen molar-refractivity contribution in [1.29, 1.82) is 0 Å². The lowest BCUT2D eigenvalue weighted by molar-refractivity contribution is 0.0937. The van der Waals surface area contributed by atoms with Gasteiger partial charge < -0.3 is 19.1 Å². The molecule has 0 fully saturated rings. The fourth-order valence-electron chi connectivity index (χ4n) is 2.01. The van der Waals surface area contributed by atoms with Crippen LogP contribution in [0.15, 0.2) is 39.4 Å². The molecular weight excluding hydrogens is 336 g/mol. The van der Waals surface area contributed by atoms with Gasteiger partial charge in [0.1, 0.15) is 6.61 Å². The van der Waals surface area contributed by atoms with Crippen LogP contribution < -0.4 is 10.1 Å². The number of aryl methyl sites for hydroxylation is 1. The summed E-state index contributed by atoms with van der Waals surface area (Å²) in [4.78, 5) is 12.0. The third kappa shape index (κ3) is 4.00. The number of rotatable bonds is 6. The zero-order chi connectivity index (χ0) is 17.8. The first-order valence-electron chi connectivity index (χ1n) is 7.25. The van der Waals surface area contributed by atoms with Crippen LogP contribution in [0.5, 0.6) is 5.75 Å². The summed E-state index contributed by atoms with van der Waals surface area (Å²) in [5, 5.41) is 9.87. The number of carbonyl (C=O) groups excluding carboxylic acids is 1. The van der Waals surface area contributed by atoms with Crippen LogP contribution in [0.3, 0.4) is 0 Å². The standard InChI is InChI=1S/C16H13F2N3O4/c1-9-5-10(24-20-9)7-19-16(22)14-6-11(25-21-14)8-23-15-12(17)3-2-4-13(15)18/h2-6H,7-8H2,1H3,(H,19,22). The van der Waals surface area contributed by atoms with Crippen molar-refractivity contribution in [2.75, 3.05) is 0 Å². The number of para-hydroxylation sites is 1. The Kier molecular flexibility index (Phi) is 4.73. The lowest BCUT2D eigenvalue weighted by Gasteiger charge is -2.05. The van der Waals surface area contributed by atoms with Crippen LogP contribution in [0.4, 0.5) is 8.78 Å². The van der Waals surface area contributed by atoms with E-state index >= 15 is 0 Å². The molecule has 0 saturated heterocycles. The molecule has 3 aromatic rings. The van der Waals surface area contributed by atoms with E-state index in [1.165, 1.54) is 12.1 Å². The van der Waals surface area contributed by atoms with E-state index in [0.29, 0.717) is 11.5 Å². The topological polar surface area (TPSA) is 90.4 Å². The van der Waals surface area contributed by atoms with Crippen molar-refractivity contribution in [1.82, 2.24) is 15.6 Å². The van der Waals surface area contributed by atoms with Crippen LogP contribution in [0.1, 0.15) is 27.7 Å². The van der Waals surface area contributed by atoms with Gasteiger partial charge in [-0.3, -0.25) is 4.79 Å². The van der Waals surface area contributed by atoms with Gasteiger partial charge in [0.25, 0.3) is 5.91 Å². The summed E-state index contributed by atoms with van der Waals surface area (Å²) in [6.07, 6.45) is 0. The molecular formula is C16H13F2N3O4. The SMILES string of the molecule is Cc1cc(CNC(=O)c2cc(COc3c(F)cccc3F)on2)on1. The molecule has 1 aromatic carbocycles. The molecule has 3 rings (SSSR count). The summed E-state index contributed by atoms with van der Waals surface area (Å²) in [6, 6.07) is 6.38. The van der Waals surface area contributed by atoms with E-state index in [1.54, 1.807) is 13.0 Å². The highest BCUT2D eigenvalue weighted by atomic mass is 19.1. The third-order valence-corrected chi connectivity index (χ3v) is 3.17. The molecule has 0 radical (unpaired) electrons. The molecule has 25 heavy (non-hydrogen) atoms. The van der Waals surface area contributed by atoms with Gasteiger partial charge in [-0.05, 0) is 19.1 Å². The van der Waals surface area contributed by atoms with Crippen molar-refractivity contribution in [3.8, 4) is 5.75 Å². The van der Waals surface area contributed by atoms with Crippen molar-refractivity contribution in [3.05, 3.63) is 64.9 Å². The van der Waals surface area contributed by atoms with Gasteiger partial charge in [-0.15, -0.1) is 0 Å². The van der Waals surface area contributed by atoms with Crippen LogP contribution >= 0.6 is 0 Å². The maximum Gasteiger partial charge on any atom is 0.273 e. The van der Waals surface area contributed by atoms with Crippen LogP contribution in [-0.2, 0) is 13.2 Å². The molecule has 1 amide bonds. The minimum Gasteiger partial charge on any atom is -0.479 e. The van der Waals surface area contributed by atoms with E-state index < -0.39 is 23.3 Å². The first-order chi connectivity index (χ1) is 12.0. The monoisotopic (exact) mass is 349 g/mol. The Balaban J connectivity index is 1.57. The number of hydrogen-bond donors (Lipinski definition) is 1. The van der Waals surface area contributed by atoms with Crippen LogP contribution in [0.25, 0.3) is 0 Å². The lowest BCUT2D eigenvalue weighted by Crippen LogP contribution is -2.22. The Bertz CT molecular complexity index is 871. The van der Waals surface area contributed by atoms with E-state index in [1.807, 2.05) is 0 Å². The number of carbonyl (C=O) groups is 1. The van der Waals surface area contributed by atoms with E-state index in [9.17, 15) is 13.6 Å². The fourth-order valence-corrected chi connectivity index (χ4v) is 2.01. The highest BCUT2D eigenvalue weighted by Crippen LogP contribution is 2.22. The quantitative estimate of drug-likeness (QED) is 0.736. The smallest absolute Gasteiger partial charge is 0.273 e. The van der Waals surface area contributed by atoms with Gasteiger partial charge in [0, 0.05) is 12.1 Å². The minimum absolute atomic E-state index is 0.00356. The first kappa shape index (κ1) is 16.6. The molecule has 0 bridgehead atoms. The van der Waals surface area contributed by atoms with E-state index in [2.05, 4.69) is 15.6 Å². The molecule has 1 N–H and O–H groups in total. The van der Waals surface area contributed by atoms with Gasteiger partial charge >= 0.3 is 0 Å². The number of aromatic nitrogens is 2. The Hall–Kier alpha value is -3.23. The molecule has 0 aliphatic carbocycles. The zero-order valence-electron chi connectivity index (χ0n) is 13.1. The third-order valence-electron chi connectivity index (χ3n) is 3.17. The number of ether oxygens (including phenoxy) is 1. The molecule has 130 valence electrons. The van der Waals surface area contributed by atoms with Gasteiger partial charge in [-0.25, -0.2) is 8.78 Å². The molecule has 0 atom stereocenters. The average Bonchev–Trinajstić information content (AvgIpc) is 3.21. The summed E-state index contributed by atoms with van der Waals surface area (Å²) in [5.74, 6) is -2.05. The van der Waals surface area contributed by atoms with Crippen molar-refractivity contribution in [2.24, 2.45) is 0 Å². The second kappa shape index (κ2) is 7.12. The van der Waals surface area contributed by atoms with Gasteiger partial charge in [-0.1, -0.05) is 16.4 Å². The van der Waals surface area contributed by atoms with Gasteiger partial charge in [0.2, 0.25) is 0 Å². The molecule has 0 aliphatic rings. The van der Waals surface area contributed by atoms with E-state index in [0.717, 1.165) is 12.1 Å². The maximum atomic E-state index is 13.5. The highest BCUT2D eigenvalue weighted by molar-refractivity contribution is 5.92. The Labute approximate surface area is 140 Å². The molecule has 0 saturated carbocycles. The molecule has 9 heteroatoms. The van der Waals surface area contributed by atoms with Crippen LogP contribution in [0.2, 0.25) is 0 Å². The highest BCUT2D eigenvalue weighted by Gasteiger charge is 2.15. The van der Waals surface area contributed by atoms with Crippen molar-refractivity contribution in [2.45, 2.75) is 20.1 Å². The summed E-state index contributed by atoms with van der Waals surface area (Å²) in [5.41, 5.74) is 0.703. The number of hydrogen-bond acceptors (Lipinski definition) is 6. The fraction of sp³-hybridized carbons (Fsp3) is 0.188. The average molecular weight is 349 g/mol. The summed E-state index contributed by atoms with van der Waals surface area (Å²) >= 11 is 0. The Morgan fingerprint density at radius 3 is 2.56 bits per heavy atom. The summed E-state index contributed by atoms with van der Waals surface area (Å²) < 4.78 is 41.9. The van der Waals surface area contributed by atoms with Crippen molar-refractivity contribution >= 4 is 5.91 Å². The lowest BCUT2D eigenvalue weighted by atomic mass is 10.3. The molecule has 0 aliphatic heterocycles. The predicted octanol–water partition coefficient (Wildman–Crippen LogP) is 2.76. The predicted molar refractivity (Wildman–Crippen MR) is 79.6 cm³/mol. The first-order valence-corrected chi connectivity index (χ1v) is 7.25. The molecule has 2 aromatic heterocycles. The van der Waals surface area contributed by atoms with Crippen LogP contribution in [-0.4, -0.2) is 16.2 Å². The Morgan fingerprint density at radius 1 is 1.16 bits per heavy atom. The maximum absolute atomic E-state index is 13.5. The van der Waals surface area contributed by atoms with Crippen molar-refractivity contribution < 1.29 is 27.4 Å². The second-order valence-electron chi connectivity index (χ2n) is 5.14. The van der Waals surface area contributed by atoms with Gasteiger partial charge in [-0.2, -0.15) is 0 Å². The summed E-state index contributed by atoms with van der Waals surface area (Å²) in [7, 11) is 0. The zero-order valence-corrected chi connectivity index (χ0v) is 13.1. The number of nitrogens with one attached hydrogen (secondary N) is 1. The Morgan fingerprint density at radius 2 is 1.88 bits per heavy atom. The molecule has 7 nitrogen and oxygen atoms in total. The van der Waals surface area contributed by atoms with Gasteiger partial charge in [0.05, 0.1) is 12.2 Å². The largest absolute Gasteiger partial charge is 0.479 e. The van der Waals surface area contributed by atoms with E-state index in [4.69, 9.17) is 13.8 Å². The number of amides is 1. The molecule has 2 heterocycles. The number of benzene rings is 1. The van der Waals surface area contributed by atoms with Crippen molar-refractivity contribution in [3.63, 3.8) is 0 Å². The molecule has 0 spiro atoms. The number of halogens is 2. The normalized spacial score (nSPS) is 10.7.